The summed E-state index contributed by atoms with van der Waals surface area (Å²) in [6, 6.07) is 5.31. The molecule has 1 aliphatic heterocycles. The van der Waals surface area contributed by atoms with E-state index in [9.17, 15) is 14.4 Å². The summed E-state index contributed by atoms with van der Waals surface area (Å²) >= 11 is 0. The fraction of sp³-hybridized carbons (Fsp3) is 0.357. The molecule has 6 heteroatoms. The first-order valence-electron chi connectivity index (χ1n) is 6.20. The highest BCUT2D eigenvalue weighted by molar-refractivity contribution is 5.96. The molecule has 0 saturated carbocycles. The summed E-state index contributed by atoms with van der Waals surface area (Å²) < 4.78 is 9.57. The lowest BCUT2D eigenvalue weighted by Crippen LogP contribution is -2.35. The minimum atomic E-state index is -0.697. The van der Waals surface area contributed by atoms with Gasteiger partial charge in [-0.15, -0.1) is 0 Å². The standard InChI is InChI=1S/C14H15NO5/c1-9-3-4-11(10(2)7-9)13(17)20-8-12(16)15-5-6-19-14(15)18/h3-4,7H,5-6,8H2,1-2H3. The van der Waals surface area contributed by atoms with Crippen LogP contribution in [0.5, 0.6) is 0 Å². The summed E-state index contributed by atoms with van der Waals surface area (Å²) in [5, 5.41) is 0. The Kier molecular flexibility index (Phi) is 4.02. The van der Waals surface area contributed by atoms with Crippen LogP contribution in [0.25, 0.3) is 0 Å². The summed E-state index contributed by atoms with van der Waals surface area (Å²) in [4.78, 5) is 35.6. The lowest BCUT2D eigenvalue weighted by Gasteiger charge is -2.11. The third kappa shape index (κ3) is 2.96. The van der Waals surface area contributed by atoms with Gasteiger partial charge in [0.25, 0.3) is 5.91 Å². The van der Waals surface area contributed by atoms with E-state index in [2.05, 4.69) is 4.74 Å². The van der Waals surface area contributed by atoms with Gasteiger partial charge in [0.15, 0.2) is 6.61 Å². The SMILES string of the molecule is Cc1ccc(C(=O)OCC(=O)N2CCOC2=O)c(C)c1. The average Bonchev–Trinajstić information content (AvgIpc) is 2.82. The normalized spacial score (nSPS) is 14.1. The first-order valence-corrected chi connectivity index (χ1v) is 6.20. The molecule has 6 nitrogen and oxygen atoms in total. The zero-order chi connectivity index (χ0) is 14.7. The van der Waals surface area contributed by atoms with Crippen molar-refractivity contribution in [2.24, 2.45) is 0 Å². The van der Waals surface area contributed by atoms with Crippen LogP contribution in [-0.4, -0.2) is 42.6 Å². The third-order valence-corrected chi connectivity index (χ3v) is 2.99. The molecular weight excluding hydrogens is 262 g/mol. The molecule has 0 aliphatic carbocycles. The monoisotopic (exact) mass is 277 g/mol. The Morgan fingerprint density at radius 3 is 2.70 bits per heavy atom. The largest absolute Gasteiger partial charge is 0.452 e. The van der Waals surface area contributed by atoms with Gasteiger partial charge in [-0.25, -0.2) is 14.5 Å². The number of amides is 2. The molecule has 0 aromatic heterocycles. The van der Waals surface area contributed by atoms with Gasteiger partial charge in [-0.05, 0) is 25.5 Å². The number of ether oxygens (including phenoxy) is 2. The quantitative estimate of drug-likeness (QED) is 0.782. The molecule has 0 bridgehead atoms. The molecule has 20 heavy (non-hydrogen) atoms. The van der Waals surface area contributed by atoms with Crippen LogP contribution < -0.4 is 0 Å². The second-order valence-electron chi connectivity index (χ2n) is 4.55. The number of esters is 1. The molecule has 0 N–H and O–H groups in total. The van der Waals surface area contributed by atoms with Crippen molar-refractivity contribution in [3.63, 3.8) is 0 Å². The maximum absolute atomic E-state index is 11.9. The Bertz CT molecular complexity index is 567. The molecule has 0 unspecified atom stereocenters. The highest BCUT2D eigenvalue weighted by Crippen LogP contribution is 2.12. The molecule has 1 fully saturated rings. The van der Waals surface area contributed by atoms with Crippen LogP contribution in [0.15, 0.2) is 18.2 Å². The fourth-order valence-corrected chi connectivity index (χ4v) is 1.95. The van der Waals surface area contributed by atoms with E-state index in [1.54, 1.807) is 19.1 Å². The van der Waals surface area contributed by atoms with Crippen LogP contribution in [0, 0.1) is 13.8 Å². The number of imide groups is 1. The number of cyclic esters (lactones) is 1. The van der Waals surface area contributed by atoms with E-state index in [0.29, 0.717) is 5.56 Å². The molecule has 1 aromatic carbocycles. The van der Waals surface area contributed by atoms with Crippen molar-refractivity contribution in [1.82, 2.24) is 4.90 Å². The molecule has 106 valence electrons. The molecule has 1 heterocycles. The molecule has 0 radical (unpaired) electrons. The van der Waals surface area contributed by atoms with Crippen LogP contribution in [-0.2, 0) is 14.3 Å². The topological polar surface area (TPSA) is 72.9 Å². The summed E-state index contributed by atoms with van der Waals surface area (Å²) in [6.45, 7) is 3.61. The molecular formula is C14H15NO5. The van der Waals surface area contributed by atoms with Crippen molar-refractivity contribution in [3.8, 4) is 0 Å². The molecule has 1 aromatic rings. The van der Waals surface area contributed by atoms with Gasteiger partial charge in [-0.1, -0.05) is 17.7 Å². The zero-order valence-corrected chi connectivity index (χ0v) is 11.3. The number of benzene rings is 1. The summed E-state index contributed by atoms with van der Waals surface area (Å²) in [5.41, 5.74) is 2.23. The van der Waals surface area contributed by atoms with Gasteiger partial charge in [0.05, 0.1) is 12.1 Å². The molecule has 0 atom stereocenters. The van der Waals surface area contributed by atoms with E-state index >= 15 is 0 Å². The predicted molar refractivity (Wildman–Crippen MR) is 69.3 cm³/mol. The van der Waals surface area contributed by atoms with E-state index < -0.39 is 24.6 Å². The summed E-state index contributed by atoms with van der Waals surface area (Å²) in [6.07, 6.45) is -0.697. The van der Waals surface area contributed by atoms with E-state index in [4.69, 9.17) is 4.74 Å². The second kappa shape index (κ2) is 5.73. The number of carbonyl (C=O) groups is 3. The van der Waals surface area contributed by atoms with Gasteiger partial charge in [0.1, 0.15) is 6.61 Å². The van der Waals surface area contributed by atoms with E-state index in [1.165, 1.54) is 0 Å². The van der Waals surface area contributed by atoms with Gasteiger partial charge in [-0.2, -0.15) is 0 Å². The Balaban J connectivity index is 1.95. The van der Waals surface area contributed by atoms with Gasteiger partial charge < -0.3 is 9.47 Å². The maximum atomic E-state index is 11.9. The number of hydrogen-bond acceptors (Lipinski definition) is 5. The first kappa shape index (κ1) is 14.0. The Morgan fingerprint density at radius 2 is 2.10 bits per heavy atom. The van der Waals surface area contributed by atoms with Crippen LogP contribution >= 0.6 is 0 Å². The summed E-state index contributed by atoms with van der Waals surface area (Å²) in [7, 11) is 0. The third-order valence-electron chi connectivity index (χ3n) is 2.99. The lowest BCUT2D eigenvalue weighted by molar-refractivity contribution is -0.131. The highest BCUT2D eigenvalue weighted by Gasteiger charge is 2.29. The van der Waals surface area contributed by atoms with E-state index in [1.807, 2.05) is 13.0 Å². The van der Waals surface area contributed by atoms with Crippen LogP contribution in [0.4, 0.5) is 4.79 Å². The van der Waals surface area contributed by atoms with Crippen molar-refractivity contribution in [3.05, 3.63) is 34.9 Å². The molecule has 2 amide bonds. The Morgan fingerprint density at radius 1 is 1.35 bits per heavy atom. The van der Waals surface area contributed by atoms with Gasteiger partial charge >= 0.3 is 12.1 Å². The van der Waals surface area contributed by atoms with Crippen LogP contribution in [0.3, 0.4) is 0 Å². The van der Waals surface area contributed by atoms with E-state index in [0.717, 1.165) is 16.0 Å². The van der Waals surface area contributed by atoms with Crippen molar-refractivity contribution in [2.45, 2.75) is 13.8 Å². The minimum absolute atomic E-state index is 0.176. The first-order chi connectivity index (χ1) is 9.49. The van der Waals surface area contributed by atoms with Crippen LogP contribution in [0.2, 0.25) is 0 Å². The highest BCUT2D eigenvalue weighted by atomic mass is 16.6. The Hall–Kier alpha value is -2.37. The minimum Gasteiger partial charge on any atom is -0.452 e. The maximum Gasteiger partial charge on any atom is 0.416 e. The van der Waals surface area contributed by atoms with Gasteiger partial charge in [0, 0.05) is 0 Å². The second-order valence-corrected chi connectivity index (χ2v) is 4.55. The van der Waals surface area contributed by atoms with Crippen molar-refractivity contribution >= 4 is 18.0 Å². The van der Waals surface area contributed by atoms with Crippen molar-refractivity contribution in [1.29, 1.82) is 0 Å². The molecule has 0 spiro atoms. The number of aryl methyl sites for hydroxylation is 2. The molecule has 1 aliphatic rings. The van der Waals surface area contributed by atoms with Crippen molar-refractivity contribution < 1.29 is 23.9 Å². The van der Waals surface area contributed by atoms with Gasteiger partial charge in [0.2, 0.25) is 0 Å². The fourth-order valence-electron chi connectivity index (χ4n) is 1.95. The van der Waals surface area contributed by atoms with Crippen LogP contribution in [0.1, 0.15) is 21.5 Å². The lowest BCUT2D eigenvalue weighted by atomic mass is 10.1. The van der Waals surface area contributed by atoms with Gasteiger partial charge in [-0.3, -0.25) is 4.79 Å². The summed E-state index contributed by atoms with van der Waals surface area (Å²) in [5.74, 6) is -1.16. The Labute approximate surface area is 116 Å². The average molecular weight is 277 g/mol. The zero-order valence-electron chi connectivity index (χ0n) is 11.3. The molecule has 2 rings (SSSR count). The predicted octanol–water partition coefficient (Wildman–Crippen LogP) is 1.44. The number of rotatable bonds is 3. The van der Waals surface area contributed by atoms with E-state index in [-0.39, 0.29) is 13.2 Å². The smallest absolute Gasteiger partial charge is 0.416 e. The number of hydrogen-bond donors (Lipinski definition) is 0. The number of nitrogens with zero attached hydrogens (tertiary/aromatic N) is 1. The number of carbonyl (C=O) groups excluding carboxylic acids is 3. The van der Waals surface area contributed by atoms with Crippen molar-refractivity contribution in [2.75, 3.05) is 19.8 Å². The molecule has 1 saturated heterocycles.